The zero-order valence-corrected chi connectivity index (χ0v) is 16.6. The molecule has 0 saturated heterocycles. The van der Waals surface area contributed by atoms with Crippen LogP contribution in [0.2, 0.25) is 5.02 Å². The van der Waals surface area contributed by atoms with Crippen LogP contribution in [0.4, 0.5) is 10.5 Å². The molecule has 9 heteroatoms. The van der Waals surface area contributed by atoms with Gasteiger partial charge in [-0.1, -0.05) is 23.7 Å². The maximum absolute atomic E-state index is 13.2. The van der Waals surface area contributed by atoms with Gasteiger partial charge in [-0.15, -0.1) is 0 Å². The molecule has 1 heterocycles. The molecule has 1 atom stereocenters. The van der Waals surface area contributed by atoms with Gasteiger partial charge in [0.1, 0.15) is 5.82 Å². The van der Waals surface area contributed by atoms with Crippen molar-refractivity contribution in [2.45, 2.75) is 19.4 Å². The van der Waals surface area contributed by atoms with Gasteiger partial charge in [0.25, 0.3) is 5.56 Å². The summed E-state index contributed by atoms with van der Waals surface area (Å²) < 4.78 is 1.41. The average molecular weight is 416 g/mol. The highest BCUT2D eigenvalue weighted by Crippen LogP contribution is 2.23. The number of anilines is 1. The highest BCUT2D eigenvalue weighted by Gasteiger charge is 2.17. The highest BCUT2D eigenvalue weighted by atomic mass is 35.5. The summed E-state index contributed by atoms with van der Waals surface area (Å²) in [6.07, 6.45) is 0.462. The number of carbonyl (C=O) groups excluding carboxylic acids is 1. The third-order valence-electron chi connectivity index (χ3n) is 4.26. The summed E-state index contributed by atoms with van der Waals surface area (Å²) in [5.41, 5.74) is 7.22. The number of hydrogen-bond acceptors (Lipinski definition) is 5. The summed E-state index contributed by atoms with van der Waals surface area (Å²) in [4.78, 5) is 29.8. The molecule has 0 fully saturated rings. The first-order chi connectivity index (χ1) is 13.9. The van der Waals surface area contributed by atoms with E-state index in [0.717, 1.165) is 0 Å². The van der Waals surface area contributed by atoms with Gasteiger partial charge in [0.05, 0.1) is 27.7 Å². The number of nitrogens with zero attached hydrogens (tertiary/aromatic N) is 2. The van der Waals surface area contributed by atoms with Crippen LogP contribution in [-0.4, -0.2) is 33.8 Å². The lowest BCUT2D eigenvalue weighted by Gasteiger charge is -2.17. The van der Waals surface area contributed by atoms with E-state index < -0.39 is 12.1 Å². The average Bonchev–Trinajstić information content (AvgIpc) is 2.68. The lowest BCUT2D eigenvalue weighted by Crippen LogP contribution is -2.30. The molecule has 3 aromatic rings. The van der Waals surface area contributed by atoms with Gasteiger partial charge in [-0.25, -0.2) is 9.78 Å². The fourth-order valence-corrected chi connectivity index (χ4v) is 3.19. The summed E-state index contributed by atoms with van der Waals surface area (Å²) >= 11 is 6.25. The van der Waals surface area contributed by atoms with E-state index in [4.69, 9.17) is 22.4 Å². The zero-order chi connectivity index (χ0) is 21.0. The third kappa shape index (κ3) is 4.56. The number of benzene rings is 2. The molecule has 5 N–H and O–H groups in total. The molecule has 29 heavy (non-hydrogen) atoms. The number of nitrogens with one attached hydrogen (secondary N) is 2. The van der Waals surface area contributed by atoms with Crippen LogP contribution >= 0.6 is 11.6 Å². The summed E-state index contributed by atoms with van der Waals surface area (Å²) in [6.45, 7) is 2.09. The van der Waals surface area contributed by atoms with Crippen molar-refractivity contribution in [3.63, 3.8) is 0 Å². The molecule has 1 aromatic heterocycles. The number of urea groups is 1. The number of fused-ring (bicyclic) bond motifs is 1. The number of nitrogens with two attached hydrogens (primary N) is 1. The van der Waals surface area contributed by atoms with Crippen LogP contribution in [0.3, 0.4) is 0 Å². The predicted molar refractivity (Wildman–Crippen MR) is 114 cm³/mol. The fraction of sp³-hybridized carbons (Fsp3) is 0.250. The van der Waals surface area contributed by atoms with Gasteiger partial charge >= 0.3 is 6.03 Å². The maximum Gasteiger partial charge on any atom is 0.319 e. The number of halogens is 1. The first kappa shape index (κ1) is 20.8. The number of hydrogen-bond donors (Lipinski definition) is 4. The van der Waals surface area contributed by atoms with Crippen molar-refractivity contribution >= 4 is 34.2 Å². The number of aliphatic hydroxyl groups is 1. The smallest absolute Gasteiger partial charge is 0.319 e. The molecule has 0 bridgehead atoms. The lowest BCUT2D eigenvalue weighted by atomic mass is 10.2. The van der Waals surface area contributed by atoms with E-state index in [1.165, 1.54) is 4.57 Å². The van der Waals surface area contributed by atoms with Crippen LogP contribution in [0.25, 0.3) is 16.6 Å². The van der Waals surface area contributed by atoms with Crippen LogP contribution < -0.4 is 21.9 Å². The van der Waals surface area contributed by atoms with Gasteiger partial charge in [-0.3, -0.25) is 9.36 Å². The minimum absolute atomic E-state index is 0.00372. The maximum atomic E-state index is 13.2. The van der Waals surface area contributed by atoms with Gasteiger partial charge < -0.3 is 21.5 Å². The predicted octanol–water partition coefficient (Wildman–Crippen LogP) is 2.56. The van der Waals surface area contributed by atoms with Crippen molar-refractivity contribution in [2.24, 2.45) is 5.73 Å². The van der Waals surface area contributed by atoms with E-state index in [2.05, 4.69) is 15.6 Å². The summed E-state index contributed by atoms with van der Waals surface area (Å²) in [5, 5.41) is 14.7. The quantitative estimate of drug-likeness (QED) is 0.461. The molecule has 0 aliphatic carbocycles. The second kappa shape index (κ2) is 9.04. The van der Waals surface area contributed by atoms with Crippen LogP contribution in [0, 0.1) is 0 Å². The largest absolute Gasteiger partial charge is 0.396 e. The van der Waals surface area contributed by atoms with Crippen molar-refractivity contribution in [2.75, 3.05) is 18.5 Å². The van der Waals surface area contributed by atoms with Crippen LogP contribution in [-0.2, 0) is 0 Å². The summed E-state index contributed by atoms with van der Waals surface area (Å²) in [5.74, 6) is 0.384. The van der Waals surface area contributed by atoms with Crippen molar-refractivity contribution in [3.05, 3.63) is 63.7 Å². The van der Waals surface area contributed by atoms with Gasteiger partial charge in [0, 0.05) is 18.8 Å². The van der Waals surface area contributed by atoms with Crippen molar-refractivity contribution in [1.82, 2.24) is 14.9 Å². The summed E-state index contributed by atoms with van der Waals surface area (Å²) in [7, 11) is 0. The Hall–Kier alpha value is -2.94. The molecule has 0 aliphatic heterocycles. The van der Waals surface area contributed by atoms with Crippen LogP contribution in [0.1, 0.15) is 25.2 Å². The summed E-state index contributed by atoms with van der Waals surface area (Å²) in [6, 6.07) is 11.0. The minimum atomic E-state index is -0.510. The Balaban J connectivity index is 2.05. The molecule has 2 aromatic carbocycles. The normalized spacial score (nSPS) is 12.0. The number of amides is 2. The van der Waals surface area contributed by atoms with E-state index in [1.54, 1.807) is 49.4 Å². The molecule has 0 spiro atoms. The number of aliphatic hydroxyl groups excluding tert-OH is 1. The topological polar surface area (TPSA) is 122 Å². The molecule has 0 aliphatic rings. The first-order valence-electron chi connectivity index (χ1n) is 9.15. The Labute approximate surface area is 172 Å². The Bertz CT molecular complexity index is 1100. The standard InChI is InChI=1S/C20H22ClN5O3/c1-12(22)18-25-16-8-3-7-15(21)17(16)19(28)26(18)14-6-2-5-13(11-14)24-20(29)23-9-4-10-27/h2-3,5-8,11-12,27H,4,9-10,22H2,1H3,(H2,23,24,29)/t12-/m0/s1. The Morgan fingerprint density at radius 2 is 2.07 bits per heavy atom. The number of carbonyl (C=O) groups is 1. The van der Waals surface area contributed by atoms with Crippen LogP contribution in [0.15, 0.2) is 47.3 Å². The fourth-order valence-electron chi connectivity index (χ4n) is 2.94. The first-order valence-corrected chi connectivity index (χ1v) is 9.53. The molecule has 0 radical (unpaired) electrons. The molecule has 8 nitrogen and oxygen atoms in total. The van der Waals surface area contributed by atoms with E-state index in [0.29, 0.717) is 46.1 Å². The van der Waals surface area contributed by atoms with E-state index in [-0.39, 0.29) is 12.2 Å². The molecule has 2 amide bonds. The van der Waals surface area contributed by atoms with Gasteiger partial charge in [-0.2, -0.15) is 0 Å². The third-order valence-corrected chi connectivity index (χ3v) is 4.58. The Morgan fingerprint density at radius 1 is 1.31 bits per heavy atom. The van der Waals surface area contributed by atoms with E-state index in [9.17, 15) is 9.59 Å². The van der Waals surface area contributed by atoms with Crippen molar-refractivity contribution < 1.29 is 9.90 Å². The highest BCUT2D eigenvalue weighted by molar-refractivity contribution is 6.35. The molecule has 152 valence electrons. The Kier molecular flexibility index (Phi) is 6.48. The molecular weight excluding hydrogens is 394 g/mol. The zero-order valence-electron chi connectivity index (χ0n) is 15.9. The monoisotopic (exact) mass is 415 g/mol. The van der Waals surface area contributed by atoms with Crippen molar-refractivity contribution in [1.29, 1.82) is 0 Å². The number of aromatic nitrogens is 2. The minimum Gasteiger partial charge on any atom is -0.396 e. The van der Waals surface area contributed by atoms with Crippen LogP contribution in [0.5, 0.6) is 0 Å². The second-order valence-electron chi connectivity index (χ2n) is 6.54. The molecule has 0 unspecified atom stereocenters. The molecule has 0 saturated carbocycles. The van der Waals surface area contributed by atoms with Crippen molar-refractivity contribution in [3.8, 4) is 5.69 Å². The van der Waals surface area contributed by atoms with Gasteiger partial charge in [0.15, 0.2) is 0 Å². The number of rotatable bonds is 6. The van der Waals surface area contributed by atoms with Gasteiger partial charge in [-0.05, 0) is 43.7 Å². The van der Waals surface area contributed by atoms with E-state index in [1.807, 2.05) is 0 Å². The van der Waals surface area contributed by atoms with E-state index >= 15 is 0 Å². The molecule has 3 rings (SSSR count). The molecular formula is C20H22ClN5O3. The lowest BCUT2D eigenvalue weighted by molar-refractivity contribution is 0.249. The van der Waals surface area contributed by atoms with Gasteiger partial charge in [0.2, 0.25) is 0 Å². The second-order valence-corrected chi connectivity index (χ2v) is 6.95. The Morgan fingerprint density at radius 3 is 2.79 bits per heavy atom. The SMILES string of the molecule is C[C@H](N)c1nc2cccc(Cl)c2c(=O)n1-c1cccc(NC(=O)NCCCO)c1.